The van der Waals surface area contributed by atoms with Crippen LogP contribution in [0.3, 0.4) is 0 Å². The van der Waals surface area contributed by atoms with E-state index in [1.165, 1.54) is 0 Å². The highest BCUT2D eigenvalue weighted by Crippen LogP contribution is 2.23. The molecule has 0 aromatic heterocycles. The molecule has 6 heteroatoms. The maximum Gasteiger partial charge on any atom is 0.317 e. The molecule has 1 N–H and O–H groups in total. The van der Waals surface area contributed by atoms with Gasteiger partial charge in [-0.2, -0.15) is 0 Å². The van der Waals surface area contributed by atoms with Crippen LogP contribution in [0.15, 0.2) is 35.2 Å². The van der Waals surface area contributed by atoms with Crippen LogP contribution in [-0.4, -0.2) is 44.2 Å². The van der Waals surface area contributed by atoms with Crippen LogP contribution in [0.4, 0.5) is 4.79 Å². The zero-order valence-electron chi connectivity index (χ0n) is 10.9. The number of urea groups is 1. The standard InChI is InChI=1S/C13H18N2O3S/c1-2-14-13(16)15-9-8-12(10-15)19(17,18)11-6-4-3-5-7-11/h3-7,12H,2,8-10H2,1H3,(H,14,16)/t12-/m0/s1. The molecule has 0 bridgehead atoms. The van der Waals surface area contributed by atoms with Crippen molar-refractivity contribution in [2.24, 2.45) is 0 Å². The van der Waals surface area contributed by atoms with E-state index in [0.717, 1.165) is 0 Å². The third-order valence-electron chi connectivity index (χ3n) is 3.27. The molecule has 1 fully saturated rings. The van der Waals surface area contributed by atoms with E-state index in [2.05, 4.69) is 5.32 Å². The second-order valence-electron chi connectivity index (χ2n) is 4.55. The second-order valence-corrected chi connectivity index (χ2v) is 6.78. The highest BCUT2D eigenvalue weighted by atomic mass is 32.2. The van der Waals surface area contributed by atoms with Crippen molar-refractivity contribution in [3.8, 4) is 0 Å². The topological polar surface area (TPSA) is 66.5 Å². The molecule has 2 rings (SSSR count). The van der Waals surface area contributed by atoms with Gasteiger partial charge in [0.25, 0.3) is 0 Å². The van der Waals surface area contributed by atoms with Crippen LogP contribution in [0.2, 0.25) is 0 Å². The van der Waals surface area contributed by atoms with Gasteiger partial charge in [0.15, 0.2) is 9.84 Å². The number of benzene rings is 1. The fraction of sp³-hybridized carbons (Fsp3) is 0.462. The maximum atomic E-state index is 12.4. The summed E-state index contributed by atoms with van der Waals surface area (Å²) in [5.74, 6) is 0. The number of nitrogens with zero attached hydrogens (tertiary/aromatic N) is 1. The van der Waals surface area contributed by atoms with Crippen molar-refractivity contribution >= 4 is 15.9 Å². The fourth-order valence-electron chi connectivity index (χ4n) is 2.23. The van der Waals surface area contributed by atoms with Crippen molar-refractivity contribution in [3.05, 3.63) is 30.3 Å². The Balaban J connectivity index is 2.11. The summed E-state index contributed by atoms with van der Waals surface area (Å²) in [7, 11) is -3.34. The van der Waals surface area contributed by atoms with E-state index in [0.29, 0.717) is 24.4 Å². The zero-order valence-corrected chi connectivity index (χ0v) is 11.7. The van der Waals surface area contributed by atoms with Crippen molar-refractivity contribution in [2.75, 3.05) is 19.6 Å². The lowest BCUT2D eigenvalue weighted by Gasteiger charge is -2.16. The van der Waals surface area contributed by atoms with E-state index in [1.807, 2.05) is 6.92 Å². The minimum Gasteiger partial charge on any atom is -0.338 e. The van der Waals surface area contributed by atoms with E-state index in [-0.39, 0.29) is 12.6 Å². The van der Waals surface area contributed by atoms with Gasteiger partial charge in [-0.15, -0.1) is 0 Å². The molecule has 1 saturated heterocycles. The lowest BCUT2D eigenvalue weighted by molar-refractivity contribution is 0.209. The molecule has 1 aliphatic heterocycles. The maximum absolute atomic E-state index is 12.4. The first-order valence-electron chi connectivity index (χ1n) is 6.37. The Morgan fingerprint density at radius 1 is 1.37 bits per heavy atom. The van der Waals surface area contributed by atoms with Gasteiger partial charge in [-0.25, -0.2) is 13.2 Å². The summed E-state index contributed by atoms with van der Waals surface area (Å²) in [6.07, 6.45) is 0.494. The smallest absolute Gasteiger partial charge is 0.317 e. The van der Waals surface area contributed by atoms with Crippen molar-refractivity contribution in [2.45, 2.75) is 23.5 Å². The Bertz CT molecular complexity index is 542. The summed E-state index contributed by atoms with van der Waals surface area (Å²) in [6, 6.07) is 8.23. The highest BCUT2D eigenvalue weighted by Gasteiger charge is 2.35. The van der Waals surface area contributed by atoms with Crippen molar-refractivity contribution in [1.29, 1.82) is 0 Å². The summed E-state index contributed by atoms with van der Waals surface area (Å²) >= 11 is 0. The van der Waals surface area contributed by atoms with Crippen LogP contribution in [0, 0.1) is 0 Å². The molecular formula is C13H18N2O3S. The van der Waals surface area contributed by atoms with Crippen LogP contribution in [-0.2, 0) is 9.84 Å². The number of rotatable bonds is 3. The zero-order chi connectivity index (χ0) is 13.9. The number of amides is 2. The van der Waals surface area contributed by atoms with E-state index in [9.17, 15) is 13.2 Å². The number of sulfone groups is 1. The number of hydrogen-bond acceptors (Lipinski definition) is 3. The molecule has 0 radical (unpaired) electrons. The Kier molecular flexibility index (Phi) is 4.09. The largest absolute Gasteiger partial charge is 0.338 e. The number of carbonyl (C=O) groups excluding carboxylic acids is 1. The molecule has 0 unspecified atom stereocenters. The van der Waals surface area contributed by atoms with Gasteiger partial charge in [0, 0.05) is 19.6 Å². The monoisotopic (exact) mass is 282 g/mol. The van der Waals surface area contributed by atoms with E-state index in [4.69, 9.17) is 0 Å². The molecule has 19 heavy (non-hydrogen) atoms. The number of likely N-dealkylation sites (tertiary alicyclic amines) is 1. The molecule has 1 atom stereocenters. The average molecular weight is 282 g/mol. The first-order valence-corrected chi connectivity index (χ1v) is 7.92. The predicted molar refractivity (Wildman–Crippen MR) is 72.7 cm³/mol. The predicted octanol–water partition coefficient (Wildman–Crippen LogP) is 1.26. The molecule has 0 saturated carbocycles. The van der Waals surface area contributed by atoms with Gasteiger partial charge >= 0.3 is 6.03 Å². The molecule has 1 aromatic rings. The Labute approximate surface area is 113 Å². The SMILES string of the molecule is CCNC(=O)N1CC[C@H](S(=O)(=O)c2ccccc2)C1. The molecule has 0 spiro atoms. The minimum atomic E-state index is -3.34. The molecular weight excluding hydrogens is 264 g/mol. The summed E-state index contributed by atoms with van der Waals surface area (Å²) in [5, 5.41) is 2.19. The Morgan fingerprint density at radius 3 is 2.68 bits per heavy atom. The minimum absolute atomic E-state index is 0.187. The van der Waals surface area contributed by atoms with Crippen molar-refractivity contribution < 1.29 is 13.2 Å². The average Bonchev–Trinajstić information content (AvgIpc) is 2.90. The van der Waals surface area contributed by atoms with Crippen LogP contribution < -0.4 is 5.32 Å². The van der Waals surface area contributed by atoms with Gasteiger partial charge in [0.05, 0.1) is 10.1 Å². The number of hydrogen-bond donors (Lipinski definition) is 1. The highest BCUT2D eigenvalue weighted by molar-refractivity contribution is 7.92. The van der Waals surface area contributed by atoms with Crippen LogP contribution >= 0.6 is 0 Å². The second kappa shape index (κ2) is 5.61. The van der Waals surface area contributed by atoms with Gasteiger partial charge in [-0.1, -0.05) is 18.2 Å². The molecule has 1 aliphatic rings. The third kappa shape index (κ3) is 2.89. The fourth-order valence-corrected chi connectivity index (χ4v) is 3.94. The molecule has 1 aromatic carbocycles. The van der Waals surface area contributed by atoms with E-state index >= 15 is 0 Å². The first-order chi connectivity index (χ1) is 9.05. The molecule has 1 heterocycles. The van der Waals surface area contributed by atoms with Crippen LogP contribution in [0.25, 0.3) is 0 Å². The van der Waals surface area contributed by atoms with Gasteiger partial charge in [-0.3, -0.25) is 0 Å². The van der Waals surface area contributed by atoms with Crippen LogP contribution in [0.1, 0.15) is 13.3 Å². The molecule has 104 valence electrons. The number of carbonyl (C=O) groups is 1. The Morgan fingerprint density at radius 2 is 2.05 bits per heavy atom. The molecule has 5 nitrogen and oxygen atoms in total. The first kappa shape index (κ1) is 13.9. The van der Waals surface area contributed by atoms with Crippen molar-refractivity contribution in [1.82, 2.24) is 10.2 Å². The van der Waals surface area contributed by atoms with Gasteiger partial charge in [-0.05, 0) is 25.5 Å². The Hall–Kier alpha value is -1.56. The lowest BCUT2D eigenvalue weighted by atomic mass is 10.4. The van der Waals surface area contributed by atoms with Gasteiger partial charge in [0.1, 0.15) is 0 Å². The summed E-state index contributed by atoms with van der Waals surface area (Å²) in [5.41, 5.74) is 0. The normalized spacial score (nSPS) is 19.4. The van der Waals surface area contributed by atoms with E-state index in [1.54, 1.807) is 35.2 Å². The van der Waals surface area contributed by atoms with E-state index < -0.39 is 15.1 Å². The molecule has 0 aliphatic carbocycles. The quantitative estimate of drug-likeness (QED) is 0.907. The third-order valence-corrected chi connectivity index (χ3v) is 5.46. The molecule has 2 amide bonds. The van der Waals surface area contributed by atoms with Crippen LogP contribution in [0.5, 0.6) is 0 Å². The summed E-state index contributed by atoms with van der Waals surface area (Å²) in [4.78, 5) is 13.6. The van der Waals surface area contributed by atoms with Gasteiger partial charge < -0.3 is 10.2 Å². The lowest BCUT2D eigenvalue weighted by Crippen LogP contribution is -2.39. The van der Waals surface area contributed by atoms with Crippen molar-refractivity contribution in [3.63, 3.8) is 0 Å². The number of nitrogens with one attached hydrogen (secondary N) is 1. The summed E-state index contributed by atoms with van der Waals surface area (Å²) < 4.78 is 24.8. The summed E-state index contributed by atoms with van der Waals surface area (Å²) in [6.45, 7) is 3.14. The van der Waals surface area contributed by atoms with Gasteiger partial charge in [0.2, 0.25) is 0 Å².